The molecule has 0 aliphatic heterocycles. The Morgan fingerprint density at radius 1 is 1.06 bits per heavy atom. The van der Waals surface area contributed by atoms with Crippen LogP contribution in [0, 0.1) is 0 Å². The maximum absolute atomic E-state index is 12.5. The molecule has 0 spiro atoms. The van der Waals surface area contributed by atoms with Gasteiger partial charge in [-0.2, -0.15) is 0 Å². The first-order valence-electron chi connectivity index (χ1n) is 9.96. The van der Waals surface area contributed by atoms with Crippen LogP contribution in [0.25, 0.3) is 11.6 Å². The number of amides is 1. The smallest absolute Gasteiger partial charge is 0.225 e. The molecule has 4 aromatic rings. The van der Waals surface area contributed by atoms with Crippen LogP contribution in [-0.2, 0) is 11.3 Å². The van der Waals surface area contributed by atoms with Crippen LogP contribution in [0.3, 0.4) is 0 Å². The molecule has 0 atom stereocenters. The molecule has 2 aromatic heterocycles. The molecule has 1 N–H and O–H groups in total. The number of aromatic nitrogens is 3. The van der Waals surface area contributed by atoms with Crippen molar-refractivity contribution >= 4 is 23.4 Å². The summed E-state index contributed by atoms with van der Waals surface area (Å²) in [5, 5.41) is 12.2. The number of carbonyl (C=O) groups excluding carboxylic acids is 1. The Balaban J connectivity index is 1.35. The van der Waals surface area contributed by atoms with Gasteiger partial charge in [0.15, 0.2) is 22.5 Å². The molecule has 0 aliphatic carbocycles. The lowest BCUT2D eigenvalue weighted by atomic mass is 10.2. The zero-order chi connectivity index (χ0) is 21.5. The van der Waals surface area contributed by atoms with Crippen LogP contribution in [0.2, 0.25) is 0 Å². The fourth-order valence-electron chi connectivity index (χ4n) is 2.99. The number of rotatable bonds is 9. The lowest BCUT2D eigenvalue weighted by Crippen LogP contribution is -2.13. The van der Waals surface area contributed by atoms with E-state index in [-0.39, 0.29) is 5.91 Å². The molecule has 0 saturated carbocycles. The quantitative estimate of drug-likeness (QED) is 0.352. The highest BCUT2D eigenvalue weighted by Crippen LogP contribution is 2.29. The SMILES string of the molecule is CCn1c(SCCC(=O)Nc2ccccc2Oc2ccccc2)nnc1-c1ccco1. The number of carbonyl (C=O) groups is 1. The molecule has 2 aromatic carbocycles. The van der Waals surface area contributed by atoms with Crippen molar-refractivity contribution in [1.82, 2.24) is 14.8 Å². The number of hydrogen-bond donors (Lipinski definition) is 1. The van der Waals surface area contributed by atoms with E-state index < -0.39 is 0 Å². The van der Waals surface area contributed by atoms with Gasteiger partial charge in [0.1, 0.15) is 5.75 Å². The van der Waals surface area contributed by atoms with Crippen LogP contribution in [0.4, 0.5) is 5.69 Å². The Morgan fingerprint density at radius 2 is 1.87 bits per heavy atom. The van der Waals surface area contributed by atoms with Crippen molar-refractivity contribution in [3.8, 4) is 23.1 Å². The maximum atomic E-state index is 12.5. The highest BCUT2D eigenvalue weighted by molar-refractivity contribution is 7.99. The third-order valence-corrected chi connectivity index (χ3v) is 5.44. The monoisotopic (exact) mass is 434 g/mol. The molecule has 0 radical (unpaired) electrons. The molecule has 8 heteroatoms. The average molecular weight is 435 g/mol. The molecule has 0 aliphatic rings. The first-order chi connectivity index (χ1) is 15.2. The Hall–Kier alpha value is -3.52. The van der Waals surface area contributed by atoms with Gasteiger partial charge in [-0.15, -0.1) is 10.2 Å². The number of nitrogens with one attached hydrogen (secondary N) is 1. The first-order valence-corrected chi connectivity index (χ1v) is 10.9. The predicted octanol–water partition coefficient (Wildman–Crippen LogP) is 5.47. The van der Waals surface area contributed by atoms with E-state index in [2.05, 4.69) is 15.5 Å². The number of benzene rings is 2. The summed E-state index contributed by atoms with van der Waals surface area (Å²) in [4.78, 5) is 12.5. The summed E-state index contributed by atoms with van der Waals surface area (Å²) < 4.78 is 13.3. The van der Waals surface area contributed by atoms with Gasteiger partial charge in [0.25, 0.3) is 0 Å². The van der Waals surface area contributed by atoms with Gasteiger partial charge in [-0.25, -0.2) is 0 Å². The topological polar surface area (TPSA) is 82.2 Å². The summed E-state index contributed by atoms with van der Waals surface area (Å²) >= 11 is 1.49. The average Bonchev–Trinajstić information content (AvgIpc) is 3.45. The highest BCUT2D eigenvalue weighted by atomic mass is 32.2. The Bertz CT molecular complexity index is 1130. The number of nitrogens with zero attached hydrogens (tertiary/aromatic N) is 3. The fourth-order valence-corrected chi connectivity index (χ4v) is 3.93. The molecule has 0 saturated heterocycles. The fraction of sp³-hybridized carbons (Fsp3) is 0.174. The van der Waals surface area contributed by atoms with Crippen molar-refractivity contribution in [3.63, 3.8) is 0 Å². The van der Waals surface area contributed by atoms with E-state index in [4.69, 9.17) is 9.15 Å². The summed E-state index contributed by atoms with van der Waals surface area (Å²) in [6.45, 7) is 2.73. The molecule has 158 valence electrons. The van der Waals surface area contributed by atoms with Gasteiger partial charge in [-0.1, -0.05) is 42.1 Å². The van der Waals surface area contributed by atoms with E-state index in [1.54, 1.807) is 6.26 Å². The molecule has 7 nitrogen and oxygen atoms in total. The summed E-state index contributed by atoms with van der Waals surface area (Å²) in [6.07, 6.45) is 1.94. The van der Waals surface area contributed by atoms with Crippen molar-refractivity contribution < 1.29 is 13.9 Å². The molecule has 0 unspecified atom stereocenters. The number of anilines is 1. The minimum atomic E-state index is -0.0922. The van der Waals surface area contributed by atoms with E-state index >= 15 is 0 Å². The Morgan fingerprint density at radius 3 is 2.65 bits per heavy atom. The van der Waals surface area contributed by atoms with Crippen molar-refractivity contribution in [3.05, 3.63) is 73.0 Å². The Labute approximate surface area is 184 Å². The molecular weight excluding hydrogens is 412 g/mol. The normalized spacial score (nSPS) is 10.7. The van der Waals surface area contributed by atoms with E-state index in [1.165, 1.54) is 11.8 Å². The summed E-state index contributed by atoms with van der Waals surface area (Å²) in [5.41, 5.74) is 0.637. The highest BCUT2D eigenvalue weighted by Gasteiger charge is 2.16. The molecule has 31 heavy (non-hydrogen) atoms. The summed E-state index contributed by atoms with van der Waals surface area (Å²) in [7, 11) is 0. The summed E-state index contributed by atoms with van der Waals surface area (Å²) in [6, 6.07) is 20.5. The third kappa shape index (κ3) is 5.16. The van der Waals surface area contributed by atoms with Gasteiger partial charge >= 0.3 is 0 Å². The number of furan rings is 1. The molecule has 1 amide bonds. The van der Waals surface area contributed by atoms with Gasteiger partial charge in [0.05, 0.1) is 12.0 Å². The van der Waals surface area contributed by atoms with Crippen molar-refractivity contribution in [1.29, 1.82) is 0 Å². The molecule has 0 fully saturated rings. The van der Waals surface area contributed by atoms with Crippen LogP contribution in [-0.4, -0.2) is 26.4 Å². The first kappa shape index (κ1) is 20.7. The summed E-state index contributed by atoms with van der Waals surface area (Å²) in [5.74, 6) is 3.16. The number of hydrogen-bond acceptors (Lipinski definition) is 6. The van der Waals surface area contributed by atoms with Gasteiger partial charge in [0.2, 0.25) is 5.91 Å². The third-order valence-electron chi connectivity index (χ3n) is 4.47. The number of para-hydroxylation sites is 3. The van der Waals surface area contributed by atoms with Crippen LogP contribution in [0.15, 0.2) is 82.6 Å². The van der Waals surface area contributed by atoms with Gasteiger partial charge < -0.3 is 14.5 Å². The van der Waals surface area contributed by atoms with Gasteiger partial charge in [-0.05, 0) is 43.3 Å². The lowest BCUT2D eigenvalue weighted by Gasteiger charge is -2.12. The second kappa shape index (κ2) is 9.99. The predicted molar refractivity (Wildman–Crippen MR) is 120 cm³/mol. The van der Waals surface area contributed by atoms with Crippen molar-refractivity contribution in [2.45, 2.75) is 25.0 Å². The standard InChI is InChI=1S/C23H22N4O3S/c1-2-27-22(20-13-8-15-29-20)25-26-23(27)31-16-14-21(28)24-18-11-6-7-12-19(18)30-17-9-4-3-5-10-17/h3-13,15H,2,14,16H2,1H3,(H,24,28). The van der Waals surface area contributed by atoms with Crippen LogP contribution in [0.5, 0.6) is 11.5 Å². The van der Waals surface area contributed by atoms with Crippen LogP contribution < -0.4 is 10.1 Å². The lowest BCUT2D eigenvalue weighted by molar-refractivity contribution is -0.115. The van der Waals surface area contributed by atoms with Crippen molar-refractivity contribution in [2.75, 3.05) is 11.1 Å². The second-order valence-corrected chi connectivity index (χ2v) is 7.65. The Kier molecular flexibility index (Phi) is 6.68. The molecule has 4 rings (SSSR count). The van der Waals surface area contributed by atoms with E-state index in [1.807, 2.05) is 78.2 Å². The van der Waals surface area contributed by atoms with Crippen molar-refractivity contribution in [2.24, 2.45) is 0 Å². The van der Waals surface area contributed by atoms with Gasteiger partial charge in [-0.3, -0.25) is 9.36 Å². The van der Waals surface area contributed by atoms with E-state index in [9.17, 15) is 4.79 Å². The minimum absolute atomic E-state index is 0.0922. The largest absolute Gasteiger partial charge is 0.461 e. The molecular formula is C23H22N4O3S. The van der Waals surface area contributed by atoms with Crippen LogP contribution in [0.1, 0.15) is 13.3 Å². The minimum Gasteiger partial charge on any atom is -0.461 e. The number of thioether (sulfide) groups is 1. The zero-order valence-electron chi connectivity index (χ0n) is 17.0. The second-order valence-electron chi connectivity index (χ2n) is 6.59. The zero-order valence-corrected chi connectivity index (χ0v) is 17.8. The van der Waals surface area contributed by atoms with Crippen LogP contribution >= 0.6 is 11.8 Å². The molecule has 2 heterocycles. The van der Waals surface area contributed by atoms with E-state index in [0.717, 1.165) is 5.16 Å². The van der Waals surface area contributed by atoms with E-state index in [0.29, 0.717) is 47.5 Å². The molecule has 0 bridgehead atoms. The number of ether oxygens (including phenoxy) is 1. The van der Waals surface area contributed by atoms with Gasteiger partial charge in [0, 0.05) is 18.7 Å². The maximum Gasteiger partial charge on any atom is 0.225 e.